The SMILES string of the molecule is CN(C)CCN(C)CCN1CCN(C)CC1. The van der Waals surface area contributed by atoms with Crippen LogP contribution in [0, 0.1) is 0 Å². The highest BCUT2D eigenvalue weighted by molar-refractivity contribution is 4.70. The van der Waals surface area contributed by atoms with E-state index in [0.29, 0.717) is 0 Å². The van der Waals surface area contributed by atoms with Gasteiger partial charge in [-0.15, -0.1) is 0 Å². The lowest BCUT2D eigenvalue weighted by Crippen LogP contribution is -2.47. The van der Waals surface area contributed by atoms with Crippen molar-refractivity contribution in [3.63, 3.8) is 0 Å². The summed E-state index contributed by atoms with van der Waals surface area (Å²) >= 11 is 0. The Kier molecular flexibility index (Phi) is 6.28. The van der Waals surface area contributed by atoms with Gasteiger partial charge in [0.15, 0.2) is 0 Å². The quantitative estimate of drug-likeness (QED) is 0.620. The number of likely N-dealkylation sites (N-methyl/N-ethyl adjacent to an activating group) is 3. The van der Waals surface area contributed by atoms with Crippen LogP contribution in [-0.4, -0.2) is 100 Å². The van der Waals surface area contributed by atoms with Crippen molar-refractivity contribution in [2.45, 2.75) is 0 Å². The lowest BCUT2D eigenvalue weighted by atomic mass is 10.3. The molecule has 0 bridgehead atoms. The van der Waals surface area contributed by atoms with Gasteiger partial charge >= 0.3 is 0 Å². The van der Waals surface area contributed by atoms with Gasteiger partial charge in [-0.2, -0.15) is 0 Å². The van der Waals surface area contributed by atoms with Crippen LogP contribution < -0.4 is 0 Å². The fourth-order valence-corrected chi connectivity index (χ4v) is 1.87. The van der Waals surface area contributed by atoms with Crippen LogP contribution in [0.15, 0.2) is 0 Å². The highest BCUT2D eigenvalue weighted by Gasteiger charge is 2.13. The first kappa shape index (κ1) is 13.9. The average molecular weight is 228 g/mol. The summed E-state index contributed by atoms with van der Waals surface area (Å²) in [5, 5.41) is 0. The van der Waals surface area contributed by atoms with Crippen LogP contribution in [0.4, 0.5) is 0 Å². The first-order chi connectivity index (χ1) is 7.58. The van der Waals surface area contributed by atoms with E-state index in [4.69, 9.17) is 0 Å². The second kappa shape index (κ2) is 7.22. The molecule has 0 N–H and O–H groups in total. The molecule has 0 aliphatic carbocycles. The predicted octanol–water partition coefficient (Wildman–Crippen LogP) is -0.273. The molecule has 4 heteroatoms. The third-order valence-electron chi connectivity index (χ3n) is 3.32. The van der Waals surface area contributed by atoms with Crippen LogP contribution in [0.3, 0.4) is 0 Å². The molecule has 0 atom stereocenters. The zero-order chi connectivity index (χ0) is 12.0. The fraction of sp³-hybridized carbons (Fsp3) is 1.00. The Hall–Kier alpha value is -0.160. The van der Waals surface area contributed by atoms with Gasteiger partial charge < -0.3 is 14.7 Å². The van der Waals surface area contributed by atoms with Gasteiger partial charge in [-0.25, -0.2) is 0 Å². The van der Waals surface area contributed by atoms with E-state index in [1.807, 2.05) is 0 Å². The van der Waals surface area contributed by atoms with Gasteiger partial charge in [0, 0.05) is 52.4 Å². The number of nitrogens with zero attached hydrogens (tertiary/aromatic N) is 4. The van der Waals surface area contributed by atoms with E-state index < -0.39 is 0 Å². The third kappa shape index (κ3) is 5.80. The number of piperazine rings is 1. The molecule has 1 heterocycles. The Bertz CT molecular complexity index is 176. The van der Waals surface area contributed by atoms with Crippen LogP contribution in [-0.2, 0) is 0 Å². The normalized spacial score (nSPS) is 19.9. The Morgan fingerprint density at radius 2 is 1.50 bits per heavy atom. The number of hydrogen-bond acceptors (Lipinski definition) is 4. The molecule has 0 aromatic heterocycles. The topological polar surface area (TPSA) is 13.0 Å². The maximum Gasteiger partial charge on any atom is 0.0110 e. The molecule has 0 spiro atoms. The number of rotatable bonds is 6. The zero-order valence-corrected chi connectivity index (χ0v) is 11.4. The smallest absolute Gasteiger partial charge is 0.0110 e. The van der Waals surface area contributed by atoms with Crippen LogP contribution >= 0.6 is 0 Å². The van der Waals surface area contributed by atoms with Crippen LogP contribution in [0.5, 0.6) is 0 Å². The molecular weight excluding hydrogens is 200 g/mol. The Morgan fingerprint density at radius 3 is 2.06 bits per heavy atom. The van der Waals surface area contributed by atoms with Gasteiger partial charge in [-0.1, -0.05) is 0 Å². The van der Waals surface area contributed by atoms with Gasteiger partial charge in [0.1, 0.15) is 0 Å². The van der Waals surface area contributed by atoms with Gasteiger partial charge in [0.25, 0.3) is 0 Å². The first-order valence-corrected chi connectivity index (χ1v) is 6.32. The van der Waals surface area contributed by atoms with E-state index in [-0.39, 0.29) is 0 Å². The van der Waals surface area contributed by atoms with Gasteiger partial charge in [-0.05, 0) is 28.2 Å². The molecule has 1 aliphatic heterocycles. The van der Waals surface area contributed by atoms with Crippen molar-refractivity contribution in [2.75, 3.05) is 80.5 Å². The van der Waals surface area contributed by atoms with Crippen LogP contribution in [0.25, 0.3) is 0 Å². The molecule has 0 aromatic rings. The first-order valence-electron chi connectivity index (χ1n) is 6.32. The summed E-state index contributed by atoms with van der Waals surface area (Å²) in [7, 11) is 8.70. The molecule has 0 saturated carbocycles. The summed E-state index contributed by atoms with van der Waals surface area (Å²) in [6, 6.07) is 0. The maximum absolute atomic E-state index is 2.58. The summed E-state index contributed by atoms with van der Waals surface area (Å²) < 4.78 is 0. The van der Waals surface area contributed by atoms with Crippen LogP contribution in [0.2, 0.25) is 0 Å². The molecule has 1 aliphatic rings. The minimum absolute atomic E-state index is 1.15. The molecule has 1 rings (SSSR count). The van der Waals surface area contributed by atoms with Gasteiger partial charge in [0.2, 0.25) is 0 Å². The van der Waals surface area contributed by atoms with E-state index >= 15 is 0 Å². The third-order valence-corrected chi connectivity index (χ3v) is 3.32. The zero-order valence-electron chi connectivity index (χ0n) is 11.4. The van der Waals surface area contributed by atoms with Gasteiger partial charge in [0.05, 0.1) is 0 Å². The second-order valence-electron chi connectivity index (χ2n) is 5.25. The molecule has 1 fully saturated rings. The molecule has 0 amide bonds. The van der Waals surface area contributed by atoms with E-state index in [1.54, 1.807) is 0 Å². The van der Waals surface area contributed by atoms with E-state index in [1.165, 1.54) is 45.8 Å². The second-order valence-corrected chi connectivity index (χ2v) is 5.25. The number of hydrogen-bond donors (Lipinski definition) is 0. The molecule has 1 saturated heterocycles. The van der Waals surface area contributed by atoms with Crippen molar-refractivity contribution < 1.29 is 0 Å². The Morgan fingerprint density at radius 1 is 0.875 bits per heavy atom. The molecule has 16 heavy (non-hydrogen) atoms. The molecule has 0 unspecified atom stereocenters. The summed E-state index contributed by atoms with van der Waals surface area (Å²) in [4.78, 5) is 9.66. The predicted molar refractivity (Wildman–Crippen MR) is 70.0 cm³/mol. The van der Waals surface area contributed by atoms with E-state index in [2.05, 4.69) is 47.8 Å². The highest BCUT2D eigenvalue weighted by Crippen LogP contribution is 1.98. The standard InChI is InChI=1S/C12H28N4/c1-13(2)5-6-14(3)7-10-16-11-8-15(4)9-12-16/h5-12H2,1-4H3. The Balaban J connectivity index is 2.05. The summed E-state index contributed by atoms with van der Waals surface area (Å²) in [5.74, 6) is 0. The van der Waals surface area contributed by atoms with Crippen molar-refractivity contribution in [1.82, 2.24) is 19.6 Å². The van der Waals surface area contributed by atoms with Crippen molar-refractivity contribution in [3.8, 4) is 0 Å². The fourth-order valence-electron chi connectivity index (χ4n) is 1.87. The van der Waals surface area contributed by atoms with E-state index in [0.717, 1.165) is 6.54 Å². The molecule has 0 radical (unpaired) electrons. The van der Waals surface area contributed by atoms with Crippen molar-refractivity contribution in [1.29, 1.82) is 0 Å². The Labute approximate surface area is 101 Å². The maximum atomic E-state index is 2.58. The minimum Gasteiger partial charge on any atom is -0.308 e. The average Bonchev–Trinajstić information content (AvgIpc) is 2.25. The molecular formula is C12H28N4. The van der Waals surface area contributed by atoms with Gasteiger partial charge in [-0.3, -0.25) is 4.90 Å². The lowest BCUT2D eigenvalue weighted by Gasteiger charge is -2.33. The summed E-state index contributed by atoms with van der Waals surface area (Å²) in [6.45, 7) is 9.65. The lowest BCUT2D eigenvalue weighted by molar-refractivity contribution is 0.139. The largest absolute Gasteiger partial charge is 0.308 e. The molecule has 4 nitrogen and oxygen atoms in total. The summed E-state index contributed by atoms with van der Waals surface area (Å²) in [6.07, 6.45) is 0. The highest BCUT2D eigenvalue weighted by atomic mass is 15.3. The van der Waals surface area contributed by atoms with Crippen LogP contribution in [0.1, 0.15) is 0 Å². The summed E-state index contributed by atoms with van der Waals surface area (Å²) in [5.41, 5.74) is 0. The molecule has 0 aromatic carbocycles. The van der Waals surface area contributed by atoms with Crippen molar-refractivity contribution >= 4 is 0 Å². The minimum atomic E-state index is 1.15. The van der Waals surface area contributed by atoms with E-state index in [9.17, 15) is 0 Å². The monoisotopic (exact) mass is 228 g/mol. The molecule has 96 valence electrons. The van der Waals surface area contributed by atoms with Crippen molar-refractivity contribution in [3.05, 3.63) is 0 Å². The van der Waals surface area contributed by atoms with Crippen molar-refractivity contribution in [2.24, 2.45) is 0 Å².